The molecule has 0 aromatic heterocycles. The molecule has 1 nitrogen and oxygen atoms in total. The van der Waals surface area contributed by atoms with Gasteiger partial charge in [-0.25, -0.2) is 4.39 Å². The van der Waals surface area contributed by atoms with Gasteiger partial charge in [0.1, 0.15) is 5.82 Å². The summed E-state index contributed by atoms with van der Waals surface area (Å²) >= 11 is 1.72. The fourth-order valence-corrected chi connectivity index (χ4v) is 3.17. The molecule has 0 saturated carbocycles. The summed E-state index contributed by atoms with van der Waals surface area (Å²) in [4.78, 5) is 1.01. The van der Waals surface area contributed by atoms with Crippen molar-refractivity contribution in [2.75, 3.05) is 12.8 Å². The maximum absolute atomic E-state index is 13.0. The predicted octanol–water partition coefficient (Wildman–Crippen LogP) is 3.94. The van der Waals surface area contributed by atoms with Gasteiger partial charge in [-0.05, 0) is 37.6 Å². The zero-order valence-corrected chi connectivity index (χ0v) is 11.7. The molecule has 3 heteroatoms. The van der Waals surface area contributed by atoms with Crippen molar-refractivity contribution in [2.45, 2.75) is 37.6 Å². The number of hydrogen-bond acceptors (Lipinski definition) is 2. The van der Waals surface area contributed by atoms with Crippen molar-refractivity contribution in [1.82, 2.24) is 5.32 Å². The predicted molar refractivity (Wildman–Crippen MR) is 74.0 cm³/mol. The normalized spacial score (nSPS) is 14.6. The van der Waals surface area contributed by atoms with E-state index in [0.717, 1.165) is 10.6 Å². The van der Waals surface area contributed by atoms with Crippen LogP contribution in [0.5, 0.6) is 0 Å². The summed E-state index contributed by atoms with van der Waals surface area (Å²) in [6.45, 7) is 4.49. The van der Waals surface area contributed by atoms with Gasteiger partial charge in [0, 0.05) is 16.7 Å². The number of hydrogen-bond donors (Lipinski definition) is 1. The second-order valence-corrected chi connectivity index (χ2v) is 5.52. The van der Waals surface area contributed by atoms with Crippen LogP contribution in [0, 0.1) is 11.7 Å². The Hall–Kier alpha value is -0.540. The van der Waals surface area contributed by atoms with Gasteiger partial charge in [0.2, 0.25) is 0 Å². The molecule has 1 aromatic rings. The third-order valence-corrected chi connectivity index (χ3v) is 4.14. The van der Waals surface area contributed by atoms with E-state index in [9.17, 15) is 4.39 Å². The molecule has 0 aliphatic heterocycles. The summed E-state index contributed by atoms with van der Waals surface area (Å²) < 4.78 is 13.0. The highest BCUT2D eigenvalue weighted by Crippen LogP contribution is 2.22. The fraction of sp³-hybridized carbons (Fsp3) is 0.571. The van der Waals surface area contributed by atoms with Crippen LogP contribution in [0.4, 0.5) is 4.39 Å². The second-order valence-electron chi connectivity index (χ2n) is 4.43. The summed E-state index contributed by atoms with van der Waals surface area (Å²) in [7, 11) is 2.00. The Morgan fingerprint density at radius 1 is 1.41 bits per heavy atom. The first-order valence-corrected chi connectivity index (χ1v) is 7.21. The van der Waals surface area contributed by atoms with E-state index in [1.165, 1.54) is 18.9 Å². The van der Waals surface area contributed by atoms with Crippen molar-refractivity contribution in [1.29, 1.82) is 0 Å². The molecule has 96 valence electrons. The van der Waals surface area contributed by atoms with Crippen LogP contribution in [0.1, 0.15) is 26.7 Å². The van der Waals surface area contributed by atoms with E-state index in [1.807, 2.05) is 13.1 Å². The smallest absolute Gasteiger partial charge is 0.124 e. The van der Waals surface area contributed by atoms with Crippen molar-refractivity contribution in [2.24, 2.45) is 5.92 Å². The maximum Gasteiger partial charge on any atom is 0.124 e. The van der Waals surface area contributed by atoms with Crippen molar-refractivity contribution in [3.63, 3.8) is 0 Å². The zero-order chi connectivity index (χ0) is 12.7. The molecule has 0 aliphatic carbocycles. The SMILES string of the molecule is CCCC(C)C(CSc1cccc(F)c1)NC. The lowest BCUT2D eigenvalue weighted by Gasteiger charge is -2.22. The molecular weight excluding hydrogens is 233 g/mol. The molecule has 0 bridgehead atoms. The Balaban J connectivity index is 2.47. The van der Waals surface area contributed by atoms with Gasteiger partial charge in [-0.2, -0.15) is 0 Å². The molecule has 0 fully saturated rings. The lowest BCUT2D eigenvalue weighted by molar-refractivity contribution is 0.403. The van der Waals surface area contributed by atoms with E-state index < -0.39 is 0 Å². The number of halogens is 1. The van der Waals surface area contributed by atoms with Crippen molar-refractivity contribution in [3.8, 4) is 0 Å². The monoisotopic (exact) mass is 255 g/mol. The average Bonchev–Trinajstić information content (AvgIpc) is 2.30. The van der Waals surface area contributed by atoms with E-state index in [-0.39, 0.29) is 5.82 Å². The molecule has 0 amide bonds. The van der Waals surface area contributed by atoms with Gasteiger partial charge < -0.3 is 5.32 Å². The van der Waals surface area contributed by atoms with Crippen LogP contribution in [0.2, 0.25) is 0 Å². The molecule has 1 aromatic carbocycles. The minimum Gasteiger partial charge on any atom is -0.316 e. The summed E-state index contributed by atoms with van der Waals surface area (Å²) in [5, 5.41) is 3.36. The molecule has 2 unspecified atom stereocenters. The van der Waals surface area contributed by atoms with Crippen LogP contribution in [-0.2, 0) is 0 Å². The topological polar surface area (TPSA) is 12.0 Å². The minimum atomic E-state index is -0.155. The molecule has 0 aliphatic rings. The van der Waals surface area contributed by atoms with Gasteiger partial charge in [0.15, 0.2) is 0 Å². The van der Waals surface area contributed by atoms with Gasteiger partial charge in [-0.15, -0.1) is 11.8 Å². The lowest BCUT2D eigenvalue weighted by atomic mass is 9.98. The molecule has 0 spiro atoms. The van der Waals surface area contributed by atoms with Gasteiger partial charge in [0.05, 0.1) is 0 Å². The molecule has 0 saturated heterocycles. The van der Waals surface area contributed by atoms with Gasteiger partial charge in [-0.1, -0.05) is 26.3 Å². The second kappa shape index (κ2) is 7.72. The largest absolute Gasteiger partial charge is 0.316 e. The van der Waals surface area contributed by atoms with Gasteiger partial charge in [-0.3, -0.25) is 0 Å². The summed E-state index contributed by atoms with van der Waals surface area (Å²) in [6, 6.07) is 7.30. The summed E-state index contributed by atoms with van der Waals surface area (Å²) in [6.07, 6.45) is 2.44. The van der Waals surface area contributed by atoms with Crippen LogP contribution in [0.15, 0.2) is 29.2 Å². The molecule has 2 atom stereocenters. The number of thioether (sulfide) groups is 1. The maximum atomic E-state index is 13.0. The third kappa shape index (κ3) is 5.09. The highest BCUT2D eigenvalue weighted by Gasteiger charge is 2.14. The fourth-order valence-electron chi connectivity index (χ4n) is 1.93. The van der Waals surface area contributed by atoms with E-state index >= 15 is 0 Å². The molecule has 1 rings (SSSR count). The van der Waals surface area contributed by atoms with Crippen LogP contribution < -0.4 is 5.32 Å². The number of nitrogens with one attached hydrogen (secondary N) is 1. The van der Waals surface area contributed by atoms with E-state index in [2.05, 4.69) is 19.2 Å². The molecular formula is C14H22FNS. The van der Waals surface area contributed by atoms with Crippen molar-refractivity contribution in [3.05, 3.63) is 30.1 Å². The van der Waals surface area contributed by atoms with Crippen LogP contribution in [-0.4, -0.2) is 18.8 Å². The standard InChI is InChI=1S/C14H22FNS/c1-4-6-11(2)14(16-3)10-17-13-8-5-7-12(15)9-13/h5,7-9,11,14,16H,4,6,10H2,1-3H3. The first kappa shape index (κ1) is 14.5. The van der Waals surface area contributed by atoms with E-state index in [0.29, 0.717) is 12.0 Å². The molecule has 0 radical (unpaired) electrons. The van der Waals surface area contributed by atoms with Crippen molar-refractivity contribution >= 4 is 11.8 Å². The molecule has 0 heterocycles. The van der Waals surface area contributed by atoms with Crippen LogP contribution >= 0.6 is 11.8 Å². The molecule has 17 heavy (non-hydrogen) atoms. The van der Waals surface area contributed by atoms with Gasteiger partial charge in [0.25, 0.3) is 0 Å². The Morgan fingerprint density at radius 3 is 2.76 bits per heavy atom. The van der Waals surface area contributed by atoms with Crippen molar-refractivity contribution < 1.29 is 4.39 Å². The number of rotatable bonds is 7. The summed E-state index contributed by atoms with van der Waals surface area (Å²) in [5.41, 5.74) is 0. The quantitative estimate of drug-likeness (QED) is 0.741. The minimum absolute atomic E-state index is 0.155. The first-order chi connectivity index (χ1) is 8.17. The van der Waals surface area contributed by atoms with Crippen LogP contribution in [0.25, 0.3) is 0 Å². The van der Waals surface area contributed by atoms with E-state index in [4.69, 9.17) is 0 Å². The lowest BCUT2D eigenvalue weighted by Crippen LogP contribution is -2.34. The number of benzene rings is 1. The highest BCUT2D eigenvalue weighted by atomic mass is 32.2. The van der Waals surface area contributed by atoms with E-state index in [1.54, 1.807) is 23.9 Å². The third-order valence-electron chi connectivity index (χ3n) is 3.03. The highest BCUT2D eigenvalue weighted by molar-refractivity contribution is 7.99. The Bertz CT molecular complexity index is 330. The van der Waals surface area contributed by atoms with Crippen LogP contribution in [0.3, 0.4) is 0 Å². The molecule has 1 N–H and O–H groups in total. The average molecular weight is 255 g/mol. The Labute approximate surface area is 108 Å². The van der Waals surface area contributed by atoms with Gasteiger partial charge >= 0.3 is 0 Å². The Morgan fingerprint density at radius 2 is 2.18 bits per heavy atom. The summed E-state index contributed by atoms with van der Waals surface area (Å²) in [5.74, 6) is 1.49. The zero-order valence-electron chi connectivity index (χ0n) is 10.9. The Kier molecular flexibility index (Phi) is 6.60. The first-order valence-electron chi connectivity index (χ1n) is 6.23.